The minimum Gasteiger partial charge on any atom is -0.355 e. The third-order valence-electron chi connectivity index (χ3n) is 3.90. The summed E-state index contributed by atoms with van der Waals surface area (Å²) in [5.41, 5.74) is 5.45. The first-order valence-corrected chi connectivity index (χ1v) is 9.05. The number of nitro benzene ring substituents is 1. The zero-order valence-corrected chi connectivity index (χ0v) is 13.8. The molecule has 132 valence electrons. The van der Waals surface area contributed by atoms with E-state index in [1.54, 1.807) is 0 Å². The van der Waals surface area contributed by atoms with Crippen LogP contribution in [0.1, 0.15) is 19.3 Å². The normalized spacial score (nSPS) is 20.7. The van der Waals surface area contributed by atoms with Crippen LogP contribution in [0.3, 0.4) is 0 Å². The highest BCUT2D eigenvalue weighted by molar-refractivity contribution is 7.89. The number of carbonyl (C=O) groups excluding carboxylic acids is 1. The fraction of sp³-hybridized carbons (Fsp3) is 0.500. The average molecular weight is 356 g/mol. The molecule has 0 spiro atoms. The van der Waals surface area contributed by atoms with E-state index >= 15 is 0 Å². The molecule has 10 heteroatoms. The van der Waals surface area contributed by atoms with Crippen molar-refractivity contribution in [1.29, 1.82) is 0 Å². The fourth-order valence-electron chi connectivity index (χ4n) is 2.62. The lowest BCUT2D eigenvalue weighted by Gasteiger charge is -2.11. The summed E-state index contributed by atoms with van der Waals surface area (Å²) < 4.78 is 26.5. The Balaban J connectivity index is 1.84. The molecular weight excluding hydrogens is 336 g/mol. The highest BCUT2D eigenvalue weighted by Crippen LogP contribution is 2.23. The minimum atomic E-state index is -3.87. The van der Waals surface area contributed by atoms with Crippen LogP contribution < -0.4 is 15.8 Å². The van der Waals surface area contributed by atoms with Crippen molar-refractivity contribution in [3.63, 3.8) is 0 Å². The summed E-state index contributed by atoms with van der Waals surface area (Å²) in [6, 6.07) is 4.82. The molecule has 1 aromatic rings. The average Bonchev–Trinajstić information content (AvgIpc) is 2.98. The molecule has 1 aliphatic rings. The third-order valence-corrected chi connectivity index (χ3v) is 5.36. The Morgan fingerprint density at radius 2 is 2.08 bits per heavy atom. The quantitative estimate of drug-likeness (QED) is 0.359. The van der Waals surface area contributed by atoms with E-state index in [1.807, 2.05) is 0 Å². The molecule has 1 amide bonds. The van der Waals surface area contributed by atoms with Gasteiger partial charge < -0.3 is 11.1 Å². The summed E-state index contributed by atoms with van der Waals surface area (Å²) in [4.78, 5) is 21.7. The van der Waals surface area contributed by atoms with E-state index in [4.69, 9.17) is 5.73 Å². The van der Waals surface area contributed by atoms with Crippen molar-refractivity contribution in [2.75, 3.05) is 13.1 Å². The summed E-state index contributed by atoms with van der Waals surface area (Å²) in [5, 5.41) is 13.4. The lowest BCUT2D eigenvalue weighted by molar-refractivity contribution is -0.385. The molecule has 0 aromatic heterocycles. The van der Waals surface area contributed by atoms with Gasteiger partial charge in [-0.05, 0) is 25.3 Å². The van der Waals surface area contributed by atoms with Gasteiger partial charge in [0, 0.05) is 37.2 Å². The maximum Gasteiger partial charge on any atom is 0.270 e. The number of rotatable bonds is 7. The molecule has 1 saturated carbocycles. The van der Waals surface area contributed by atoms with Gasteiger partial charge in [-0.15, -0.1) is 0 Å². The molecular formula is C14H20N4O5S. The van der Waals surface area contributed by atoms with E-state index in [0.717, 1.165) is 18.9 Å². The van der Waals surface area contributed by atoms with Crippen molar-refractivity contribution in [2.24, 2.45) is 11.7 Å². The van der Waals surface area contributed by atoms with Gasteiger partial charge in [-0.1, -0.05) is 6.07 Å². The Morgan fingerprint density at radius 3 is 2.71 bits per heavy atom. The molecule has 2 rings (SSSR count). The first kappa shape index (κ1) is 18.3. The molecule has 1 aromatic carbocycles. The lowest BCUT2D eigenvalue weighted by Crippen LogP contribution is -2.37. The Labute approximate surface area is 139 Å². The summed E-state index contributed by atoms with van der Waals surface area (Å²) in [7, 11) is -3.87. The van der Waals surface area contributed by atoms with E-state index in [0.29, 0.717) is 6.42 Å². The molecule has 0 aliphatic heterocycles. The first-order chi connectivity index (χ1) is 11.3. The van der Waals surface area contributed by atoms with Gasteiger partial charge >= 0.3 is 0 Å². The molecule has 24 heavy (non-hydrogen) atoms. The maximum atomic E-state index is 12.1. The van der Waals surface area contributed by atoms with Crippen molar-refractivity contribution in [3.8, 4) is 0 Å². The topological polar surface area (TPSA) is 144 Å². The lowest BCUT2D eigenvalue weighted by atomic mass is 10.1. The van der Waals surface area contributed by atoms with Crippen molar-refractivity contribution in [2.45, 2.75) is 30.2 Å². The van der Waals surface area contributed by atoms with E-state index < -0.39 is 14.9 Å². The number of nitrogens with zero attached hydrogens (tertiary/aromatic N) is 1. The molecule has 0 heterocycles. The van der Waals surface area contributed by atoms with E-state index in [9.17, 15) is 23.3 Å². The van der Waals surface area contributed by atoms with Crippen LogP contribution in [0.2, 0.25) is 0 Å². The van der Waals surface area contributed by atoms with Gasteiger partial charge in [-0.3, -0.25) is 14.9 Å². The Bertz CT molecular complexity index is 722. The van der Waals surface area contributed by atoms with Crippen molar-refractivity contribution in [1.82, 2.24) is 10.0 Å². The van der Waals surface area contributed by atoms with Gasteiger partial charge in [0.2, 0.25) is 15.9 Å². The largest absolute Gasteiger partial charge is 0.355 e. The van der Waals surface area contributed by atoms with Crippen LogP contribution in [-0.2, 0) is 14.8 Å². The second-order valence-corrected chi connectivity index (χ2v) is 7.48. The molecule has 2 atom stereocenters. The Hall–Kier alpha value is -2.04. The van der Waals surface area contributed by atoms with Crippen LogP contribution in [0.25, 0.3) is 0 Å². The smallest absolute Gasteiger partial charge is 0.270 e. The van der Waals surface area contributed by atoms with Crippen LogP contribution in [0.15, 0.2) is 29.2 Å². The monoisotopic (exact) mass is 356 g/mol. The number of benzene rings is 1. The van der Waals surface area contributed by atoms with Gasteiger partial charge in [0.05, 0.1) is 9.82 Å². The number of carbonyl (C=O) groups is 1. The molecule has 2 unspecified atom stereocenters. The van der Waals surface area contributed by atoms with Gasteiger partial charge in [0.1, 0.15) is 0 Å². The number of amides is 1. The highest BCUT2D eigenvalue weighted by atomic mass is 32.2. The van der Waals surface area contributed by atoms with Gasteiger partial charge in [-0.2, -0.15) is 0 Å². The van der Waals surface area contributed by atoms with Gasteiger partial charge in [-0.25, -0.2) is 13.1 Å². The zero-order valence-electron chi connectivity index (χ0n) is 13.0. The predicted octanol–water partition coefficient (Wildman–Crippen LogP) is 0.117. The van der Waals surface area contributed by atoms with E-state index in [2.05, 4.69) is 10.0 Å². The van der Waals surface area contributed by atoms with Gasteiger partial charge in [0.25, 0.3) is 5.69 Å². The molecule has 0 radical (unpaired) electrons. The number of nitro groups is 1. The van der Waals surface area contributed by atoms with E-state index in [-0.39, 0.29) is 41.5 Å². The van der Waals surface area contributed by atoms with Crippen molar-refractivity contribution < 1.29 is 18.1 Å². The minimum absolute atomic E-state index is 0.00443. The fourth-order valence-corrected chi connectivity index (χ4v) is 3.69. The predicted molar refractivity (Wildman–Crippen MR) is 86.6 cm³/mol. The van der Waals surface area contributed by atoms with E-state index in [1.165, 1.54) is 18.2 Å². The number of hydrogen-bond donors (Lipinski definition) is 3. The zero-order chi connectivity index (χ0) is 17.7. The molecule has 1 aliphatic carbocycles. The molecule has 0 saturated heterocycles. The van der Waals surface area contributed by atoms with Crippen LogP contribution in [0.5, 0.6) is 0 Å². The SMILES string of the molecule is NC1CCC(C(=O)NCCNS(=O)(=O)c2cccc([N+](=O)[O-])c2)C1. The second-order valence-electron chi connectivity index (χ2n) is 5.71. The molecule has 4 N–H and O–H groups in total. The van der Waals surface area contributed by atoms with Gasteiger partial charge in [0.15, 0.2) is 0 Å². The Kier molecular flexibility index (Phi) is 5.86. The summed E-state index contributed by atoms with van der Waals surface area (Å²) in [6.07, 6.45) is 2.20. The number of nitrogens with two attached hydrogens (primary N) is 1. The summed E-state index contributed by atoms with van der Waals surface area (Å²) >= 11 is 0. The number of sulfonamides is 1. The standard InChI is InChI=1S/C14H20N4O5S/c15-11-5-4-10(8-11)14(19)16-6-7-17-24(22,23)13-3-1-2-12(9-13)18(20)21/h1-3,9-11,17H,4-8,15H2,(H,16,19). The first-order valence-electron chi connectivity index (χ1n) is 7.57. The number of non-ortho nitro benzene ring substituents is 1. The van der Waals surface area contributed by atoms with Crippen molar-refractivity contribution in [3.05, 3.63) is 34.4 Å². The maximum absolute atomic E-state index is 12.1. The molecule has 9 nitrogen and oxygen atoms in total. The van der Waals surface area contributed by atoms with Crippen molar-refractivity contribution >= 4 is 21.6 Å². The molecule has 1 fully saturated rings. The van der Waals surface area contributed by atoms with Crippen LogP contribution in [-0.4, -0.2) is 38.4 Å². The van der Waals surface area contributed by atoms with Crippen LogP contribution in [0.4, 0.5) is 5.69 Å². The highest BCUT2D eigenvalue weighted by Gasteiger charge is 2.27. The summed E-state index contributed by atoms with van der Waals surface area (Å²) in [5.74, 6) is -0.245. The third kappa shape index (κ3) is 4.73. The van der Waals surface area contributed by atoms with Crippen LogP contribution in [0, 0.1) is 16.0 Å². The number of hydrogen-bond acceptors (Lipinski definition) is 6. The van der Waals surface area contributed by atoms with Crippen LogP contribution >= 0.6 is 0 Å². The Morgan fingerprint density at radius 1 is 1.33 bits per heavy atom. The summed E-state index contributed by atoms with van der Waals surface area (Å²) in [6.45, 7) is 0.133. The molecule has 0 bridgehead atoms. The second kappa shape index (κ2) is 7.69. The number of nitrogens with one attached hydrogen (secondary N) is 2.